The van der Waals surface area contributed by atoms with Gasteiger partial charge >= 0.3 is 0 Å². The number of aliphatic hydroxyl groups is 1. The van der Waals surface area contributed by atoms with E-state index < -0.39 is 12.1 Å². The van der Waals surface area contributed by atoms with Crippen LogP contribution in [0.25, 0.3) is 0 Å². The highest BCUT2D eigenvalue weighted by Crippen LogP contribution is 2.15. The van der Waals surface area contributed by atoms with E-state index in [0.717, 1.165) is 5.56 Å². The summed E-state index contributed by atoms with van der Waals surface area (Å²) in [5.74, 6) is -0.592. The van der Waals surface area contributed by atoms with Crippen LogP contribution < -0.4 is 0 Å². The molecule has 0 saturated heterocycles. The van der Waals surface area contributed by atoms with Crippen LogP contribution >= 0.6 is 0 Å². The minimum Gasteiger partial charge on any atom is -0.389 e. The van der Waals surface area contributed by atoms with E-state index >= 15 is 0 Å². The van der Waals surface area contributed by atoms with Crippen LogP contribution in [0.5, 0.6) is 0 Å². The van der Waals surface area contributed by atoms with Crippen molar-refractivity contribution < 1.29 is 9.50 Å². The summed E-state index contributed by atoms with van der Waals surface area (Å²) >= 11 is 0. The average Bonchev–Trinajstić information content (AvgIpc) is 1.94. The van der Waals surface area contributed by atoms with E-state index in [-0.39, 0.29) is 5.56 Å². The smallest absolute Gasteiger partial charge is 0.218 e. The van der Waals surface area contributed by atoms with Crippen LogP contribution in [0.2, 0.25) is 0 Å². The van der Waals surface area contributed by atoms with Gasteiger partial charge in [-0.25, -0.2) is 4.98 Å². The summed E-state index contributed by atoms with van der Waals surface area (Å²) in [6.45, 7) is 3.32. The molecule has 1 rings (SSSR count). The number of aryl methyl sites for hydroxylation is 1. The largest absolute Gasteiger partial charge is 0.389 e. The van der Waals surface area contributed by atoms with Crippen molar-refractivity contribution in [1.29, 1.82) is 0 Å². The highest BCUT2D eigenvalue weighted by Gasteiger charge is 2.08. The molecule has 1 aromatic rings. The summed E-state index contributed by atoms with van der Waals surface area (Å²) < 4.78 is 12.7. The molecule has 2 nitrogen and oxygen atoms in total. The van der Waals surface area contributed by atoms with E-state index in [0.29, 0.717) is 0 Å². The van der Waals surface area contributed by atoms with Crippen LogP contribution in [0.15, 0.2) is 12.3 Å². The van der Waals surface area contributed by atoms with Crippen LogP contribution in [0.3, 0.4) is 0 Å². The first-order valence-corrected chi connectivity index (χ1v) is 3.41. The standard InChI is InChI=1S/C8H10FNO/c1-5-3-7(6(2)11)8(9)10-4-5/h3-4,6,11H,1-2H3/t6-/m1/s1. The van der Waals surface area contributed by atoms with Crippen LogP contribution in [-0.4, -0.2) is 10.1 Å². The molecule has 0 aromatic carbocycles. The lowest BCUT2D eigenvalue weighted by Gasteiger charge is -2.05. The molecule has 3 heteroatoms. The van der Waals surface area contributed by atoms with Crippen molar-refractivity contribution in [2.75, 3.05) is 0 Å². The van der Waals surface area contributed by atoms with Gasteiger partial charge in [-0.1, -0.05) is 0 Å². The molecule has 0 fully saturated rings. The highest BCUT2D eigenvalue weighted by molar-refractivity contribution is 5.19. The molecule has 0 aliphatic carbocycles. The first kappa shape index (κ1) is 8.14. The second-order valence-corrected chi connectivity index (χ2v) is 2.57. The molecule has 11 heavy (non-hydrogen) atoms. The van der Waals surface area contributed by atoms with Crippen molar-refractivity contribution in [1.82, 2.24) is 4.98 Å². The van der Waals surface area contributed by atoms with Crippen molar-refractivity contribution in [2.45, 2.75) is 20.0 Å². The Morgan fingerprint density at radius 2 is 2.27 bits per heavy atom. The molecule has 60 valence electrons. The topological polar surface area (TPSA) is 33.1 Å². The van der Waals surface area contributed by atoms with E-state index in [9.17, 15) is 4.39 Å². The van der Waals surface area contributed by atoms with Gasteiger partial charge in [-0.3, -0.25) is 0 Å². The molecule has 0 saturated carbocycles. The zero-order chi connectivity index (χ0) is 8.43. The third-order valence-electron chi connectivity index (χ3n) is 1.45. The quantitative estimate of drug-likeness (QED) is 0.624. The third-order valence-corrected chi connectivity index (χ3v) is 1.45. The third kappa shape index (κ3) is 1.74. The van der Waals surface area contributed by atoms with Crippen molar-refractivity contribution in [3.05, 3.63) is 29.3 Å². The van der Waals surface area contributed by atoms with Crippen LogP contribution in [0, 0.1) is 12.9 Å². The molecule has 0 unspecified atom stereocenters. The van der Waals surface area contributed by atoms with Crippen molar-refractivity contribution >= 4 is 0 Å². The molecule has 0 bridgehead atoms. The Bertz CT molecular complexity index is 260. The second kappa shape index (κ2) is 2.96. The summed E-state index contributed by atoms with van der Waals surface area (Å²) in [7, 11) is 0. The van der Waals surface area contributed by atoms with Gasteiger partial charge in [0.05, 0.1) is 6.10 Å². The van der Waals surface area contributed by atoms with Gasteiger partial charge in [-0.15, -0.1) is 0 Å². The molecular weight excluding hydrogens is 145 g/mol. The lowest BCUT2D eigenvalue weighted by molar-refractivity contribution is 0.192. The Balaban J connectivity index is 3.13. The van der Waals surface area contributed by atoms with Crippen molar-refractivity contribution in [2.24, 2.45) is 0 Å². The molecule has 0 aliphatic heterocycles. The first-order valence-electron chi connectivity index (χ1n) is 3.41. The fourth-order valence-corrected chi connectivity index (χ4v) is 0.868. The number of hydrogen-bond donors (Lipinski definition) is 1. The summed E-state index contributed by atoms with van der Waals surface area (Å²) in [5, 5.41) is 9.05. The van der Waals surface area contributed by atoms with Gasteiger partial charge in [-0.05, 0) is 25.5 Å². The Morgan fingerprint density at radius 3 is 2.73 bits per heavy atom. The van der Waals surface area contributed by atoms with E-state index in [1.165, 1.54) is 13.1 Å². The second-order valence-electron chi connectivity index (χ2n) is 2.57. The molecular formula is C8H10FNO. The number of halogens is 1. The Hall–Kier alpha value is -0.960. The Kier molecular flexibility index (Phi) is 2.19. The minimum atomic E-state index is -0.789. The van der Waals surface area contributed by atoms with E-state index in [1.54, 1.807) is 13.0 Å². The van der Waals surface area contributed by atoms with E-state index in [2.05, 4.69) is 4.98 Å². The van der Waals surface area contributed by atoms with Gasteiger partial charge in [0.15, 0.2) is 0 Å². The SMILES string of the molecule is Cc1cnc(F)c([C@@H](C)O)c1. The minimum absolute atomic E-state index is 0.255. The van der Waals surface area contributed by atoms with Gasteiger partial charge in [0.1, 0.15) is 0 Å². The average molecular weight is 155 g/mol. The summed E-state index contributed by atoms with van der Waals surface area (Å²) in [4.78, 5) is 3.47. The van der Waals surface area contributed by atoms with Crippen LogP contribution in [0.4, 0.5) is 4.39 Å². The number of aromatic nitrogens is 1. The summed E-state index contributed by atoms with van der Waals surface area (Å²) in [6, 6.07) is 1.59. The number of aliphatic hydroxyl groups excluding tert-OH is 1. The Morgan fingerprint density at radius 1 is 1.64 bits per heavy atom. The molecule has 1 aromatic heterocycles. The van der Waals surface area contributed by atoms with E-state index in [1.807, 2.05) is 0 Å². The molecule has 0 amide bonds. The fourth-order valence-electron chi connectivity index (χ4n) is 0.868. The molecule has 0 aliphatic rings. The summed E-state index contributed by atoms with van der Waals surface area (Å²) in [6.07, 6.45) is 0.642. The number of pyridine rings is 1. The lowest BCUT2D eigenvalue weighted by atomic mass is 10.1. The van der Waals surface area contributed by atoms with E-state index in [4.69, 9.17) is 5.11 Å². The lowest BCUT2D eigenvalue weighted by Crippen LogP contribution is -1.98. The molecule has 0 spiro atoms. The monoisotopic (exact) mass is 155 g/mol. The maximum Gasteiger partial charge on any atom is 0.218 e. The van der Waals surface area contributed by atoms with Crippen LogP contribution in [0.1, 0.15) is 24.2 Å². The number of hydrogen-bond acceptors (Lipinski definition) is 2. The normalized spacial score (nSPS) is 13.1. The fraction of sp³-hybridized carbons (Fsp3) is 0.375. The van der Waals surface area contributed by atoms with Crippen molar-refractivity contribution in [3.63, 3.8) is 0 Å². The van der Waals surface area contributed by atoms with Gasteiger partial charge in [-0.2, -0.15) is 4.39 Å². The highest BCUT2D eigenvalue weighted by atomic mass is 19.1. The Labute approximate surface area is 64.7 Å². The van der Waals surface area contributed by atoms with Gasteiger partial charge in [0.25, 0.3) is 0 Å². The number of rotatable bonds is 1. The predicted molar refractivity (Wildman–Crippen MR) is 39.6 cm³/mol. The predicted octanol–water partition coefficient (Wildman–Crippen LogP) is 1.58. The summed E-state index contributed by atoms with van der Waals surface area (Å²) in [5.41, 5.74) is 1.10. The molecule has 1 atom stereocenters. The molecule has 1 heterocycles. The molecule has 0 radical (unpaired) electrons. The molecule has 1 N–H and O–H groups in total. The van der Waals surface area contributed by atoms with Crippen LogP contribution in [-0.2, 0) is 0 Å². The van der Waals surface area contributed by atoms with Gasteiger partial charge < -0.3 is 5.11 Å². The van der Waals surface area contributed by atoms with Gasteiger partial charge in [0.2, 0.25) is 5.95 Å². The van der Waals surface area contributed by atoms with Gasteiger partial charge in [0, 0.05) is 11.8 Å². The number of nitrogens with zero attached hydrogens (tertiary/aromatic N) is 1. The van der Waals surface area contributed by atoms with Crippen molar-refractivity contribution in [3.8, 4) is 0 Å². The first-order chi connectivity index (χ1) is 5.11. The maximum atomic E-state index is 12.7. The zero-order valence-corrected chi connectivity index (χ0v) is 6.50. The zero-order valence-electron chi connectivity index (χ0n) is 6.50. The maximum absolute atomic E-state index is 12.7.